The van der Waals surface area contributed by atoms with E-state index >= 15 is 0 Å². The molecular weight excluding hydrogens is 228 g/mol. The van der Waals surface area contributed by atoms with Gasteiger partial charge in [0.2, 0.25) is 0 Å². The van der Waals surface area contributed by atoms with Crippen LogP contribution < -0.4 is 15.8 Å². The number of hydrogen-bond donors (Lipinski definition) is 2. The van der Waals surface area contributed by atoms with E-state index in [1.807, 2.05) is 12.1 Å². The van der Waals surface area contributed by atoms with Crippen molar-refractivity contribution in [3.8, 4) is 5.75 Å². The minimum absolute atomic E-state index is 0.587. The Balaban J connectivity index is 2.03. The zero-order valence-electron chi connectivity index (χ0n) is 11.2. The molecule has 0 saturated carbocycles. The van der Waals surface area contributed by atoms with Gasteiger partial charge in [-0.25, -0.2) is 0 Å². The summed E-state index contributed by atoms with van der Waals surface area (Å²) in [5, 5.41) is 3.17. The van der Waals surface area contributed by atoms with E-state index in [2.05, 4.69) is 24.4 Å². The van der Waals surface area contributed by atoms with Crippen LogP contribution in [0.4, 0.5) is 0 Å². The quantitative estimate of drug-likeness (QED) is 0.614. The third-order valence-corrected chi connectivity index (χ3v) is 2.55. The zero-order valence-corrected chi connectivity index (χ0v) is 11.2. The van der Waals surface area contributed by atoms with E-state index in [0.29, 0.717) is 26.4 Å². The molecule has 0 aliphatic carbocycles. The molecule has 0 bridgehead atoms. The van der Waals surface area contributed by atoms with Crippen LogP contribution in [-0.2, 0) is 11.2 Å². The molecule has 0 radical (unpaired) electrons. The first kappa shape index (κ1) is 15.0. The van der Waals surface area contributed by atoms with Crippen LogP contribution in [0.15, 0.2) is 24.3 Å². The summed E-state index contributed by atoms with van der Waals surface area (Å²) < 4.78 is 11.0. The number of nitrogens with two attached hydrogens (primary N) is 1. The predicted molar refractivity (Wildman–Crippen MR) is 74.1 cm³/mol. The molecule has 0 aliphatic heterocycles. The van der Waals surface area contributed by atoms with Crippen LogP contribution in [0.2, 0.25) is 0 Å². The Morgan fingerprint density at radius 3 is 2.83 bits per heavy atom. The highest BCUT2D eigenvalue weighted by molar-refractivity contribution is 5.28. The van der Waals surface area contributed by atoms with Gasteiger partial charge in [0.25, 0.3) is 0 Å². The van der Waals surface area contributed by atoms with Crippen molar-refractivity contribution in [2.45, 2.75) is 13.3 Å². The van der Waals surface area contributed by atoms with Crippen molar-refractivity contribution in [3.63, 3.8) is 0 Å². The second-order valence-corrected chi connectivity index (χ2v) is 4.00. The highest BCUT2D eigenvalue weighted by atomic mass is 16.5. The van der Waals surface area contributed by atoms with E-state index in [-0.39, 0.29) is 0 Å². The molecule has 0 fully saturated rings. The van der Waals surface area contributed by atoms with E-state index in [1.54, 1.807) is 0 Å². The van der Waals surface area contributed by atoms with Crippen LogP contribution in [0.1, 0.15) is 12.5 Å². The molecule has 18 heavy (non-hydrogen) atoms. The molecule has 0 amide bonds. The third-order valence-electron chi connectivity index (χ3n) is 2.55. The number of ether oxygens (including phenoxy) is 2. The fourth-order valence-corrected chi connectivity index (χ4v) is 1.55. The largest absolute Gasteiger partial charge is 0.491 e. The van der Waals surface area contributed by atoms with Crippen molar-refractivity contribution in [1.29, 1.82) is 0 Å². The summed E-state index contributed by atoms with van der Waals surface area (Å²) in [5.41, 5.74) is 6.65. The van der Waals surface area contributed by atoms with E-state index < -0.39 is 0 Å². The van der Waals surface area contributed by atoms with Crippen LogP contribution >= 0.6 is 0 Å². The molecular formula is C14H24N2O2. The number of hydrogen-bond acceptors (Lipinski definition) is 4. The smallest absolute Gasteiger partial charge is 0.119 e. The highest BCUT2D eigenvalue weighted by Crippen LogP contribution is 2.13. The van der Waals surface area contributed by atoms with Gasteiger partial charge in [-0.3, -0.25) is 0 Å². The van der Waals surface area contributed by atoms with E-state index in [0.717, 1.165) is 25.3 Å². The zero-order chi connectivity index (χ0) is 13.1. The van der Waals surface area contributed by atoms with E-state index in [9.17, 15) is 0 Å². The molecule has 102 valence electrons. The monoisotopic (exact) mass is 252 g/mol. The second-order valence-electron chi connectivity index (χ2n) is 4.00. The molecule has 4 heteroatoms. The Hall–Kier alpha value is -1.10. The van der Waals surface area contributed by atoms with Crippen molar-refractivity contribution in [2.24, 2.45) is 5.73 Å². The van der Waals surface area contributed by atoms with Gasteiger partial charge in [0.05, 0.1) is 13.2 Å². The number of aryl methyl sites for hydroxylation is 1. The Morgan fingerprint density at radius 2 is 2.06 bits per heavy atom. The van der Waals surface area contributed by atoms with Gasteiger partial charge in [-0.2, -0.15) is 0 Å². The summed E-state index contributed by atoms with van der Waals surface area (Å²) in [6.07, 6.45) is 1.03. The predicted octanol–water partition coefficient (Wildman–Crippen LogP) is 1.19. The lowest BCUT2D eigenvalue weighted by Crippen LogP contribution is -2.26. The van der Waals surface area contributed by atoms with Crippen molar-refractivity contribution in [2.75, 3.05) is 39.5 Å². The minimum atomic E-state index is 0.587. The maximum absolute atomic E-state index is 5.61. The van der Waals surface area contributed by atoms with Gasteiger partial charge < -0.3 is 20.5 Å². The Labute approximate surface area is 109 Å². The Bertz CT molecular complexity index is 318. The Morgan fingerprint density at radius 1 is 1.17 bits per heavy atom. The van der Waals surface area contributed by atoms with Crippen LogP contribution in [0.3, 0.4) is 0 Å². The van der Waals surface area contributed by atoms with Crippen molar-refractivity contribution in [1.82, 2.24) is 5.32 Å². The van der Waals surface area contributed by atoms with Gasteiger partial charge in [-0.1, -0.05) is 19.1 Å². The maximum atomic E-state index is 5.61. The molecule has 1 aromatic rings. The minimum Gasteiger partial charge on any atom is -0.491 e. The third kappa shape index (κ3) is 6.59. The van der Waals surface area contributed by atoms with Gasteiger partial charge in [0, 0.05) is 19.6 Å². The normalized spacial score (nSPS) is 10.6. The lowest BCUT2D eigenvalue weighted by atomic mass is 10.2. The number of nitrogens with one attached hydrogen (secondary N) is 1. The fourth-order valence-electron chi connectivity index (χ4n) is 1.55. The molecule has 3 N–H and O–H groups in total. The molecule has 0 atom stereocenters. The molecule has 0 saturated heterocycles. The van der Waals surface area contributed by atoms with Crippen molar-refractivity contribution >= 4 is 0 Å². The first-order chi connectivity index (χ1) is 8.86. The molecule has 0 aliphatic rings. The van der Waals surface area contributed by atoms with Crippen LogP contribution in [-0.4, -0.2) is 39.5 Å². The first-order valence-electron chi connectivity index (χ1n) is 6.57. The average molecular weight is 252 g/mol. The number of rotatable bonds is 10. The van der Waals surface area contributed by atoms with Crippen LogP contribution in [0.25, 0.3) is 0 Å². The molecule has 0 unspecified atom stereocenters. The van der Waals surface area contributed by atoms with E-state index in [1.165, 1.54) is 5.56 Å². The fraction of sp³-hybridized carbons (Fsp3) is 0.571. The topological polar surface area (TPSA) is 56.5 Å². The lowest BCUT2D eigenvalue weighted by Gasteiger charge is -2.08. The molecule has 1 rings (SSSR count). The highest BCUT2D eigenvalue weighted by Gasteiger charge is 1.95. The van der Waals surface area contributed by atoms with Crippen LogP contribution in [0, 0.1) is 0 Å². The van der Waals surface area contributed by atoms with Gasteiger partial charge >= 0.3 is 0 Å². The molecule has 1 aromatic carbocycles. The summed E-state index contributed by atoms with van der Waals surface area (Å²) in [6.45, 7) is 6.36. The summed E-state index contributed by atoms with van der Waals surface area (Å²) in [4.78, 5) is 0. The standard InChI is InChI=1S/C14H24N2O2/c1-2-13-4-3-5-14(12-13)18-11-10-17-9-8-16-7-6-15/h3-5,12,16H,2,6-11,15H2,1H3. The number of benzene rings is 1. The summed E-state index contributed by atoms with van der Waals surface area (Å²) >= 11 is 0. The van der Waals surface area contributed by atoms with Gasteiger partial charge in [-0.15, -0.1) is 0 Å². The lowest BCUT2D eigenvalue weighted by molar-refractivity contribution is 0.102. The van der Waals surface area contributed by atoms with Crippen molar-refractivity contribution < 1.29 is 9.47 Å². The van der Waals surface area contributed by atoms with Gasteiger partial charge in [0.1, 0.15) is 12.4 Å². The van der Waals surface area contributed by atoms with Gasteiger partial charge in [0.15, 0.2) is 0 Å². The summed E-state index contributed by atoms with van der Waals surface area (Å²) in [5.74, 6) is 0.916. The van der Waals surface area contributed by atoms with E-state index in [4.69, 9.17) is 15.2 Å². The molecule has 0 aromatic heterocycles. The molecule has 4 nitrogen and oxygen atoms in total. The summed E-state index contributed by atoms with van der Waals surface area (Å²) in [7, 11) is 0. The average Bonchev–Trinajstić information content (AvgIpc) is 2.42. The second kappa shape index (κ2) is 9.88. The summed E-state index contributed by atoms with van der Waals surface area (Å²) in [6, 6.07) is 8.17. The Kier molecular flexibility index (Phi) is 8.21. The van der Waals surface area contributed by atoms with Crippen molar-refractivity contribution in [3.05, 3.63) is 29.8 Å². The maximum Gasteiger partial charge on any atom is 0.119 e. The molecule has 0 spiro atoms. The van der Waals surface area contributed by atoms with Gasteiger partial charge in [-0.05, 0) is 24.1 Å². The first-order valence-corrected chi connectivity index (χ1v) is 6.57. The SMILES string of the molecule is CCc1cccc(OCCOCCNCCN)c1. The molecule has 0 heterocycles. The van der Waals surface area contributed by atoms with Crippen LogP contribution in [0.5, 0.6) is 5.75 Å².